The predicted octanol–water partition coefficient (Wildman–Crippen LogP) is 18.6. The van der Waals surface area contributed by atoms with Crippen molar-refractivity contribution < 1.29 is 0 Å². The molecule has 0 saturated carbocycles. The Labute approximate surface area is 379 Å². The first-order valence-electron chi connectivity index (χ1n) is 22.1. The first-order chi connectivity index (χ1) is 31.4. The Bertz CT molecular complexity index is 3620. The maximum Gasteiger partial charge on any atom is 0.0468 e. The summed E-state index contributed by atoms with van der Waals surface area (Å²) in [5.74, 6) is 0. The molecule has 2 heteroatoms. The van der Waals surface area contributed by atoms with Crippen molar-refractivity contribution in [1.29, 1.82) is 0 Å². The lowest BCUT2D eigenvalue weighted by atomic mass is 9.84. The largest absolute Gasteiger partial charge is 0.310 e. The fourth-order valence-electron chi connectivity index (χ4n) is 10.1. The summed E-state index contributed by atoms with van der Waals surface area (Å²) >= 11 is 1.87. The molecule has 1 heterocycles. The molecular weight excluding hydrogens is 791 g/mol. The molecule has 0 unspecified atom stereocenters. The zero-order valence-corrected chi connectivity index (χ0v) is 37.4. The average molecular weight is 838 g/mol. The smallest absolute Gasteiger partial charge is 0.0468 e. The number of fused-ring (bicyclic) bond motifs is 9. The molecule has 0 aliphatic rings. The van der Waals surface area contributed by atoms with E-state index >= 15 is 0 Å². The molecule has 0 aliphatic carbocycles. The number of hydrogen-bond acceptors (Lipinski definition) is 2. The van der Waals surface area contributed by atoms with Crippen LogP contribution in [-0.2, 0) is 0 Å². The molecule has 0 spiro atoms. The second-order valence-corrected chi connectivity index (χ2v) is 18.2. The number of benzene rings is 10. The normalized spacial score (nSPS) is 11.5. The molecule has 1 nitrogen and oxygen atoms in total. The van der Waals surface area contributed by atoms with E-state index in [4.69, 9.17) is 0 Å². The summed E-state index contributed by atoms with van der Waals surface area (Å²) in [5, 5.41) is 10.2. The van der Waals surface area contributed by atoms with E-state index in [9.17, 15) is 0 Å². The number of aryl methyl sites for hydroxylation is 1. The molecule has 64 heavy (non-hydrogen) atoms. The van der Waals surface area contributed by atoms with Gasteiger partial charge in [-0.25, -0.2) is 0 Å². The number of nitrogens with zero attached hydrogens (tertiary/aromatic N) is 1. The minimum Gasteiger partial charge on any atom is -0.310 e. The summed E-state index contributed by atoms with van der Waals surface area (Å²) in [5.41, 5.74) is 16.9. The predicted molar refractivity (Wildman–Crippen MR) is 281 cm³/mol. The fraction of sp³-hybridized carbons (Fsp3) is 0.0645. The van der Waals surface area contributed by atoms with Crippen molar-refractivity contribution in [3.63, 3.8) is 0 Å². The van der Waals surface area contributed by atoms with Gasteiger partial charge in [0, 0.05) is 37.2 Å². The van der Waals surface area contributed by atoms with Crippen LogP contribution in [0.3, 0.4) is 0 Å². The van der Waals surface area contributed by atoms with Gasteiger partial charge in [0.1, 0.15) is 0 Å². The van der Waals surface area contributed by atoms with Gasteiger partial charge in [-0.05, 0) is 164 Å². The summed E-state index contributed by atoms with van der Waals surface area (Å²) in [6.45, 7) is 13.0. The quantitative estimate of drug-likeness (QED) is 0.109. The summed E-state index contributed by atoms with van der Waals surface area (Å²) in [4.78, 5) is 2.42. The van der Waals surface area contributed by atoms with Crippen molar-refractivity contribution in [3.8, 4) is 33.4 Å². The lowest BCUT2D eigenvalue weighted by Crippen LogP contribution is -2.10. The van der Waals surface area contributed by atoms with Gasteiger partial charge in [-0.3, -0.25) is 0 Å². The van der Waals surface area contributed by atoms with Gasteiger partial charge in [-0.2, -0.15) is 0 Å². The highest BCUT2D eigenvalue weighted by Crippen LogP contribution is 2.45. The van der Waals surface area contributed by atoms with Crippen molar-refractivity contribution in [2.24, 2.45) is 0 Å². The molecule has 0 atom stereocenters. The lowest BCUT2D eigenvalue weighted by Gasteiger charge is -2.27. The van der Waals surface area contributed by atoms with E-state index in [-0.39, 0.29) is 0 Å². The van der Waals surface area contributed by atoms with Gasteiger partial charge >= 0.3 is 0 Å². The second kappa shape index (κ2) is 16.0. The Kier molecular flexibility index (Phi) is 9.83. The molecule has 11 aromatic rings. The molecule has 0 amide bonds. The van der Waals surface area contributed by atoms with Crippen LogP contribution in [0.15, 0.2) is 212 Å². The molecule has 0 radical (unpaired) electrons. The van der Waals surface area contributed by atoms with Gasteiger partial charge in [-0.1, -0.05) is 164 Å². The van der Waals surface area contributed by atoms with Crippen molar-refractivity contribution in [3.05, 3.63) is 229 Å². The molecular formula is C62H47NS. The van der Waals surface area contributed by atoms with E-state index in [1.165, 1.54) is 114 Å². The van der Waals surface area contributed by atoms with E-state index in [0.29, 0.717) is 0 Å². The van der Waals surface area contributed by atoms with Crippen LogP contribution < -0.4 is 4.90 Å². The van der Waals surface area contributed by atoms with E-state index < -0.39 is 0 Å². The second-order valence-electron chi connectivity index (χ2n) is 17.1. The van der Waals surface area contributed by atoms with Crippen LogP contribution in [-0.4, -0.2) is 0 Å². The van der Waals surface area contributed by atoms with Gasteiger partial charge in [0.25, 0.3) is 0 Å². The molecule has 0 fully saturated rings. The molecule has 10 aromatic carbocycles. The number of anilines is 3. The van der Waals surface area contributed by atoms with Crippen LogP contribution in [0.2, 0.25) is 0 Å². The lowest BCUT2D eigenvalue weighted by molar-refractivity contribution is 1.29. The van der Waals surface area contributed by atoms with E-state index in [2.05, 4.69) is 233 Å². The number of allylic oxidation sites excluding steroid dienone is 3. The summed E-state index contributed by atoms with van der Waals surface area (Å²) in [6, 6.07) is 71.8. The van der Waals surface area contributed by atoms with Gasteiger partial charge in [0.05, 0.1) is 0 Å². The van der Waals surface area contributed by atoms with Crippen LogP contribution in [0.1, 0.15) is 30.5 Å². The molecule has 11 rings (SSSR count). The van der Waals surface area contributed by atoms with Crippen molar-refractivity contribution in [2.45, 2.75) is 27.7 Å². The highest BCUT2D eigenvalue weighted by atomic mass is 32.1. The van der Waals surface area contributed by atoms with Gasteiger partial charge in [-0.15, -0.1) is 11.3 Å². The molecule has 0 aliphatic heterocycles. The number of thiophene rings is 1. The molecule has 1 aromatic heterocycles. The first-order valence-corrected chi connectivity index (χ1v) is 22.9. The Balaban J connectivity index is 1.08. The molecule has 0 bridgehead atoms. The van der Waals surface area contributed by atoms with Crippen molar-refractivity contribution >= 4 is 86.5 Å². The topological polar surface area (TPSA) is 3.24 Å². The Morgan fingerprint density at radius 1 is 0.453 bits per heavy atom. The Morgan fingerprint density at radius 3 is 1.59 bits per heavy atom. The molecule has 0 saturated heterocycles. The maximum absolute atomic E-state index is 4.20. The summed E-state index contributed by atoms with van der Waals surface area (Å²) < 4.78 is 2.63. The fourth-order valence-corrected chi connectivity index (χ4v) is 11.2. The zero-order chi connectivity index (χ0) is 43.5. The summed E-state index contributed by atoms with van der Waals surface area (Å²) in [6.07, 6.45) is 2.00. The van der Waals surface area contributed by atoms with Crippen LogP contribution in [0.4, 0.5) is 17.1 Å². The highest BCUT2D eigenvalue weighted by molar-refractivity contribution is 7.25. The molecule has 0 N–H and O–H groups in total. The average Bonchev–Trinajstić information content (AvgIpc) is 3.72. The minimum atomic E-state index is 1.09. The SMILES string of the molecule is C=CC(=C(C)C)c1ccc(-c2ccc(N(c3ccc(-c4cccc5sc6ccccc6c45)cc3)c3ccc4c5ccccc5c5ccccc5c4c3)cc2)c(-c2ccccc2C)c1C. The Hall–Kier alpha value is -7.52. The number of rotatable bonds is 8. The monoisotopic (exact) mass is 837 g/mol. The third kappa shape index (κ3) is 6.53. The molecule has 306 valence electrons. The Morgan fingerprint density at radius 2 is 0.969 bits per heavy atom. The number of hydrogen-bond donors (Lipinski definition) is 0. The standard InChI is InChI=1S/C62H47NS/c1-6-47(39(2)3)49-36-37-51(61(41(49)5)48-17-8-7-16-40(48)4)43-28-32-45(33-29-43)63(46-34-35-56-54-20-10-9-18-52(54)53-19-11-12-21-55(53)58(56)38-46)44-30-26-42(27-31-44)50-23-15-25-60-62(50)57-22-13-14-24-59(57)64-60/h6-38H,1H2,2-5H3. The maximum atomic E-state index is 4.20. The third-order valence-electron chi connectivity index (χ3n) is 13.2. The van der Waals surface area contributed by atoms with E-state index in [1.54, 1.807) is 0 Å². The van der Waals surface area contributed by atoms with E-state index in [0.717, 1.165) is 17.1 Å². The van der Waals surface area contributed by atoms with Crippen LogP contribution in [0, 0.1) is 13.8 Å². The van der Waals surface area contributed by atoms with Crippen molar-refractivity contribution in [1.82, 2.24) is 0 Å². The van der Waals surface area contributed by atoms with Crippen LogP contribution in [0.5, 0.6) is 0 Å². The van der Waals surface area contributed by atoms with E-state index in [1.807, 2.05) is 17.4 Å². The highest BCUT2D eigenvalue weighted by Gasteiger charge is 2.20. The van der Waals surface area contributed by atoms with Gasteiger partial charge in [0.15, 0.2) is 0 Å². The van der Waals surface area contributed by atoms with Gasteiger partial charge < -0.3 is 4.90 Å². The van der Waals surface area contributed by atoms with Crippen molar-refractivity contribution in [2.75, 3.05) is 4.90 Å². The van der Waals surface area contributed by atoms with Crippen LogP contribution in [0.25, 0.3) is 91.4 Å². The zero-order valence-electron chi connectivity index (χ0n) is 36.6. The first kappa shape index (κ1) is 39.3. The van der Waals surface area contributed by atoms with Gasteiger partial charge in [0.2, 0.25) is 0 Å². The summed E-state index contributed by atoms with van der Waals surface area (Å²) in [7, 11) is 0. The minimum absolute atomic E-state index is 1.09. The van der Waals surface area contributed by atoms with Crippen LogP contribution >= 0.6 is 11.3 Å². The third-order valence-corrected chi connectivity index (χ3v) is 14.3.